The van der Waals surface area contributed by atoms with Crippen molar-refractivity contribution in [2.24, 2.45) is 5.73 Å². The first-order valence-electron chi connectivity index (χ1n) is 10.1. The summed E-state index contributed by atoms with van der Waals surface area (Å²) in [6.07, 6.45) is 1.55. The highest BCUT2D eigenvalue weighted by molar-refractivity contribution is 7.14. The molecule has 0 fully saturated rings. The number of primary amides is 1. The Labute approximate surface area is 198 Å². The first-order valence-corrected chi connectivity index (χ1v) is 11.0. The van der Waals surface area contributed by atoms with Gasteiger partial charge in [-0.15, -0.1) is 11.3 Å². The highest BCUT2D eigenvalue weighted by Gasteiger charge is 2.22. The lowest BCUT2D eigenvalue weighted by Gasteiger charge is -2.07. The summed E-state index contributed by atoms with van der Waals surface area (Å²) in [6.45, 7) is -0.553. The van der Waals surface area contributed by atoms with Crippen molar-refractivity contribution in [3.63, 3.8) is 0 Å². The van der Waals surface area contributed by atoms with Crippen LogP contribution in [0.15, 0.2) is 72.2 Å². The van der Waals surface area contributed by atoms with Gasteiger partial charge in [0.25, 0.3) is 11.8 Å². The molecule has 0 saturated carbocycles. The maximum atomic E-state index is 13.0. The Bertz CT molecular complexity index is 1350. The van der Waals surface area contributed by atoms with Gasteiger partial charge >= 0.3 is 5.97 Å². The van der Waals surface area contributed by atoms with E-state index in [0.717, 1.165) is 17.0 Å². The number of hydrogen-bond donors (Lipinski definition) is 2. The zero-order chi connectivity index (χ0) is 24.1. The molecule has 34 heavy (non-hydrogen) atoms. The molecule has 0 spiro atoms. The molecule has 3 N–H and O–H groups in total. The Morgan fingerprint density at radius 2 is 1.85 bits per heavy atom. The van der Waals surface area contributed by atoms with Gasteiger partial charge in [-0.1, -0.05) is 30.3 Å². The summed E-state index contributed by atoms with van der Waals surface area (Å²) in [5.41, 5.74) is 7.43. The molecule has 0 atom stereocenters. The van der Waals surface area contributed by atoms with Crippen LogP contribution in [0.1, 0.15) is 20.7 Å². The summed E-state index contributed by atoms with van der Waals surface area (Å²) in [6, 6.07) is 17.9. The Hall–Kier alpha value is -4.44. The van der Waals surface area contributed by atoms with Gasteiger partial charge in [-0.25, -0.2) is 9.48 Å². The van der Waals surface area contributed by atoms with Gasteiger partial charge in [0.15, 0.2) is 6.61 Å². The Morgan fingerprint density at radius 3 is 2.59 bits per heavy atom. The number of aromatic nitrogens is 2. The molecule has 0 aliphatic carbocycles. The van der Waals surface area contributed by atoms with Crippen LogP contribution in [0.2, 0.25) is 0 Å². The van der Waals surface area contributed by atoms with Gasteiger partial charge in [0.1, 0.15) is 22.0 Å². The van der Waals surface area contributed by atoms with Crippen LogP contribution in [0.25, 0.3) is 16.9 Å². The third-order valence-corrected chi connectivity index (χ3v) is 5.65. The fourth-order valence-corrected chi connectivity index (χ4v) is 4.00. The lowest BCUT2D eigenvalue weighted by molar-refractivity contribution is -0.119. The largest absolute Gasteiger partial charge is 0.497 e. The molecule has 0 aliphatic heterocycles. The standard InChI is InChI=1S/C24H20N4O5S/c1-32-17-9-5-6-15(12-17)21-19(13-28(27-21)16-7-3-2-4-8-16)24(31)33-14-20(29)26-23-18(22(25)30)10-11-34-23/h2-13H,14H2,1H3,(H2,25,30)(H,26,29). The zero-order valence-electron chi connectivity index (χ0n) is 18.1. The number of carbonyl (C=O) groups excluding carboxylic acids is 3. The summed E-state index contributed by atoms with van der Waals surface area (Å²) in [7, 11) is 1.55. The van der Waals surface area contributed by atoms with Crippen molar-refractivity contribution in [3.05, 3.63) is 83.4 Å². The third kappa shape index (κ3) is 4.97. The minimum atomic E-state index is -0.726. The van der Waals surface area contributed by atoms with Crippen LogP contribution in [-0.4, -0.2) is 41.3 Å². The van der Waals surface area contributed by atoms with Crippen LogP contribution in [0.4, 0.5) is 5.00 Å². The van der Waals surface area contributed by atoms with E-state index in [-0.39, 0.29) is 11.1 Å². The fraction of sp³-hybridized carbons (Fsp3) is 0.0833. The van der Waals surface area contributed by atoms with E-state index in [9.17, 15) is 14.4 Å². The second kappa shape index (κ2) is 10.0. The summed E-state index contributed by atoms with van der Waals surface area (Å²) in [5, 5.41) is 9.03. The molecule has 9 nitrogen and oxygen atoms in total. The molecule has 0 unspecified atom stereocenters. The Morgan fingerprint density at radius 1 is 1.06 bits per heavy atom. The van der Waals surface area contributed by atoms with Gasteiger partial charge in [0, 0.05) is 11.8 Å². The van der Waals surface area contributed by atoms with Crippen LogP contribution >= 0.6 is 11.3 Å². The smallest absolute Gasteiger partial charge is 0.342 e. The van der Waals surface area contributed by atoms with E-state index in [1.807, 2.05) is 30.3 Å². The first kappa shape index (κ1) is 22.7. The highest BCUT2D eigenvalue weighted by atomic mass is 32.1. The van der Waals surface area contributed by atoms with E-state index in [1.165, 1.54) is 6.07 Å². The van der Waals surface area contributed by atoms with E-state index in [4.69, 9.17) is 15.2 Å². The van der Waals surface area contributed by atoms with E-state index in [2.05, 4.69) is 10.4 Å². The van der Waals surface area contributed by atoms with Crippen molar-refractivity contribution in [3.8, 4) is 22.7 Å². The topological polar surface area (TPSA) is 126 Å². The van der Waals surface area contributed by atoms with Crippen LogP contribution in [0.3, 0.4) is 0 Å². The molecular formula is C24H20N4O5S. The summed E-state index contributed by atoms with van der Waals surface area (Å²) in [5.74, 6) is -1.38. The molecule has 2 aromatic heterocycles. The number of hydrogen-bond acceptors (Lipinski definition) is 7. The van der Waals surface area contributed by atoms with Gasteiger partial charge in [-0.3, -0.25) is 9.59 Å². The Kier molecular flexibility index (Phi) is 6.69. The third-order valence-electron chi connectivity index (χ3n) is 4.82. The average molecular weight is 477 g/mol. The summed E-state index contributed by atoms with van der Waals surface area (Å²) >= 11 is 1.14. The molecular weight excluding hydrogens is 456 g/mol. The van der Waals surface area contributed by atoms with Gasteiger partial charge in [0.05, 0.1) is 18.4 Å². The molecule has 172 valence electrons. The minimum Gasteiger partial charge on any atom is -0.497 e. The van der Waals surface area contributed by atoms with Crippen molar-refractivity contribution in [2.45, 2.75) is 0 Å². The van der Waals surface area contributed by atoms with Crippen molar-refractivity contribution < 1.29 is 23.9 Å². The van der Waals surface area contributed by atoms with Gasteiger partial charge in [-0.05, 0) is 35.7 Å². The maximum Gasteiger partial charge on any atom is 0.342 e. The first-order chi connectivity index (χ1) is 16.5. The number of rotatable bonds is 8. The fourth-order valence-electron chi connectivity index (χ4n) is 3.19. The lowest BCUT2D eigenvalue weighted by atomic mass is 10.1. The molecule has 0 bridgehead atoms. The lowest BCUT2D eigenvalue weighted by Crippen LogP contribution is -2.22. The number of nitrogens with zero attached hydrogens (tertiary/aromatic N) is 2. The average Bonchev–Trinajstić information content (AvgIpc) is 3.51. The number of methoxy groups -OCH3 is 1. The molecule has 2 amide bonds. The second-order valence-electron chi connectivity index (χ2n) is 7.06. The van der Waals surface area contributed by atoms with Crippen molar-refractivity contribution in [1.82, 2.24) is 9.78 Å². The van der Waals surface area contributed by atoms with Crippen LogP contribution in [0, 0.1) is 0 Å². The van der Waals surface area contributed by atoms with Gasteiger partial charge < -0.3 is 20.5 Å². The molecule has 10 heteroatoms. The van der Waals surface area contributed by atoms with Gasteiger partial charge in [0.2, 0.25) is 0 Å². The molecule has 4 rings (SSSR count). The predicted molar refractivity (Wildman–Crippen MR) is 127 cm³/mol. The number of thiophene rings is 1. The summed E-state index contributed by atoms with van der Waals surface area (Å²) in [4.78, 5) is 36.7. The molecule has 0 aliphatic rings. The summed E-state index contributed by atoms with van der Waals surface area (Å²) < 4.78 is 12.1. The minimum absolute atomic E-state index is 0.179. The number of amides is 2. The van der Waals surface area contributed by atoms with E-state index >= 15 is 0 Å². The quantitative estimate of drug-likeness (QED) is 0.375. The van der Waals surface area contributed by atoms with Crippen LogP contribution < -0.4 is 15.8 Å². The maximum absolute atomic E-state index is 13.0. The van der Waals surface area contributed by atoms with Crippen molar-refractivity contribution in [1.29, 1.82) is 0 Å². The number of benzene rings is 2. The van der Waals surface area contributed by atoms with Crippen molar-refractivity contribution in [2.75, 3.05) is 19.0 Å². The molecule has 2 heterocycles. The monoisotopic (exact) mass is 476 g/mol. The number of anilines is 1. The molecule has 4 aromatic rings. The van der Waals surface area contributed by atoms with E-state index in [1.54, 1.807) is 47.6 Å². The number of ether oxygens (including phenoxy) is 2. The normalized spacial score (nSPS) is 10.5. The predicted octanol–water partition coefficient (Wildman–Crippen LogP) is 3.50. The molecule has 2 aromatic carbocycles. The second-order valence-corrected chi connectivity index (χ2v) is 7.97. The highest BCUT2D eigenvalue weighted by Crippen LogP contribution is 2.28. The Balaban J connectivity index is 1.57. The number of carbonyl (C=O) groups is 3. The molecule has 0 saturated heterocycles. The number of esters is 1. The van der Waals surface area contributed by atoms with Crippen LogP contribution in [0.5, 0.6) is 5.75 Å². The van der Waals surface area contributed by atoms with E-state index in [0.29, 0.717) is 22.0 Å². The number of para-hydroxylation sites is 1. The van der Waals surface area contributed by atoms with E-state index < -0.39 is 24.4 Å². The SMILES string of the molecule is COc1cccc(-c2nn(-c3ccccc3)cc2C(=O)OCC(=O)Nc2sccc2C(N)=O)c1. The van der Waals surface area contributed by atoms with Crippen molar-refractivity contribution >= 4 is 34.1 Å². The number of nitrogens with one attached hydrogen (secondary N) is 1. The number of nitrogens with two attached hydrogens (primary N) is 1. The zero-order valence-corrected chi connectivity index (χ0v) is 18.9. The molecule has 0 radical (unpaired) electrons. The van der Waals surface area contributed by atoms with Crippen LogP contribution in [-0.2, 0) is 9.53 Å². The van der Waals surface area contributed by atoms with Gasteiger partial charge in [-0.2, -0.15) is 5.10 Å².